The Bertz CT molecular complexity index is 358. The quantitative estimate of drug-likeness (QED) is 0.513. The summed E-state index contributed by atoms with van der Waals surface area (Å²) in [6.45, 7) is 6.73. The van der Waals surface area contributed by atoms with Gasteiger partial charge in [0.25, 0.3) is 0 Å². The van der Waals surface area contributed by atoms with E-state index in [1.807, 2.05) is 18.2 Å². The smallest absolute Gasteiger partial charge is 0.312 e. The molecule has 1 aromatic carbocycles. The van der Waals surface area contributed by atoms with Gasteiger partial charge in [0.1, 0.15) is 0 Å². The number of rotatable bonds is 8. The molecular weight excluding hydrogens is 236 g/mol. The van der Waals surface area contributed by atoms with Gasteiger partial charge in [-0.3, -0.25) is 4.79 Å². The predicted molar refractivity (Wildman–Crippen MR) is 79.0 cm³/mol. The fourth-order valence-electron chi connectivity index (χ4n) is 2.42. The minimum atomic E-state index is -0.271. The van der Waals surface area contributed by atoms with Crippen LogP contribution in [0.4, 0.5) is 0 Å². The number of benzene rings is 1. The molecule has 0 saturated carbocycles. The number of hydrogen-bond donors (Lipinski definition) is 0. The second-order valence-corrected chi connectivity index (χ2v) is 5.07. The third kappa shape index (κ3) is 4.38. The van der Waals surface area contributed by atoms with Crippen LogP contribution in [0, 0.1) is 5.41 Å². The van der Waals surface area contributed by atoms with Gasteiger partial charge in [0.2, 0.25) is 0 Å². The maximum atomic E-state index is 12.1. The van der Waals surface area contributed by atoms with Crippen molar-refractivity contribution in [3.63, 3.8) is 0 Å². The Morgan fingerprint density at radius 1 is 1.05 bits per heavy atom. The first-order chi connectivity index (χ1) is 9.18. The van der Waals surface area contributed by atoms with E-state index in [-0.39, 0.29) is 11.4 Å². The van der Waals surface area contributed by atoms with Gasteiger partial charge in [-0.25, -0.2) is 0 Å². The Hall–Kier alpha value is -1.31. The normalized spacial score (nSPS) is 11.3. The summed E-state index contributed by atoms with van der Waals surface area (Å²) in [6.07, 6.45) is 4.43. The van der Waals surface area contributed by atoms with Crippen molar-refractivity contribution in [1.29, 1.82) is 0 Å². The maximum absolute atomic E-state index is 12.1. The van der Waals surface area contributed by atoms with Crippen LogP contribution < -0.4 is 0 Å². The average Bonchev–Trinajstić information content (AvgIpc) is 2.47. The van der Waals surface area contributed by atoms with E-state index < -0.39 is 0 Å². The van der Waals surface area contributed by atoms with Gasteiger partial charge < -0.3 is 4.74 Å². The Labute approximate surface area is 117 Å². The summed E-state index contributed by atoms with van der Waals surface area (Å²) < 4.78 is 5.46. The molecule has 2 heteroatoms. The molecule has 106 valence electrons. The SMILES string of the molecule is CCC(CC)(CC)C(=O)OCCCc1ccccc1. The van der Waals surface area contributed by atoms with E-state index in [1.54, 1.807) is 0 Å². The summed E-state index contributed by atoms with van der Waals surface area (Å²) in [5.74, 6) is -0.0203. The summed E-state index contributed by atoms with van der Waals surface area (Å²) in [5, 5.41) is 0. The van der Waals surface area contributed by atoms with Crippen molar-refractivity contribution >= 4 is 5.97 Å². The number of carbonyl (C=O) groups is 1. The third-order valence-corrected chi connectivity index (χ3v) is 4.15. The van der Waals surface area contributed by atoms with Crippen LogP contribution in [0.15, 0.2) is 30.3 Å². The molecule has 0 aromatic heterocycles. The topological polar surface area (TPSA) is 26.3 Å². The molecule has 19 heavy (non-hydrogen) atoms. The van der Waals surface area contributed by atoms with Crippen LogP contribution in [0.2, 0.25) is 0 Å². The summed E-state index contributed by atoms with van der Waals surface area (Å²) in [6, 6.07) is 10.3. The van der Waals surface area contributed by atoms with Gasteiger partial charge in [-0.05, 0) is 37.7 Å². The Kier molecular flexibility index (Phi) is 6.61. The second-order valence-electron chi connectivity index (χ2n) is 5.07. The van der Waals surface area contributed by atoms with Gasteiger partial charge in [0.15, 0.2) is 0 Å². The van der Waals surface area contributed by atoms with E-state index in [0.717, 1.165) is 32.1 Å². The predicted octanol–water partition coefficient (Wildman–Crippen LogP) is 4.38. The highest BCUT2D eigenvalue weighted by molar-refractivity contribution is 5.76. The molecule has 0 spiro atoms. The van der Waals surface area contributed by atoms with Crippen LogP contribution in [0.3, 0.4) is 0 Å². The van der Waals surface area contributed by atoms with Gasteiger partial charge in [-0.1, -0.05) is 51.1 Å². The zero-order valence-corrected chi connectivity index (χ0v) is 12.4. The van der Waals surface area contributed by atoms with Crippen molar-refractivity contribution in [3.05, 3.63) is 35.9 Å². The second kappa shape index (κ2) is 7.98. The lowest BCUT2D eigenvalue weighted by atomic mass is 9.80. The molecule has 0 aliphatic carbocycles. The maximum Gasteiger partial charge on any atom is 0.312 e. The van der Waals surface area contributed by atoms with Crippen LogP contribution in [0.1, 0.15) is 52.0 Å². The largest absolute Gasteiger partial charge is 0.465 e. The average molecular weight is 262 g/mol. The molecule has 0 fully saturated rings. The highest BCUT2D eigenvalue weighted by Gasteiger charge is 2.34. The number of carbonyl (C=O) groups excluding carboxylic acids is 1. The van der Waals surface area contributed by atoms with Crippen LogP contribution in [0.5, 0.6) is 0 Å². The fourth-order valence-corrected chi connectivity index (χ4v) is 2.42. The molecule has 0 aliphatic rings. The fraction of sp³-hybridized carbons (Fsp3) is 0.588. The summed E-state index contributed by atoms with van der Waals surface area (Å²) in [7, 11) is 0. The first-order valence-corrected chi connectivity index (χ1v) is 7.39. The zero-order valence-electron chi connectivity index (χ0n) is 12.4. The van der Waals surface area contributed by atoms with E-state index in [2.05, 4.69) is 32.9 Å². The van der Waals surface area contributed by atoms with Crippen LogP contribution in [-0.2, 0) is 16.0 Å². The first kappa shape index (κ1) is 15.7. The van der Waals surface area contributed by atoms with Crippen molar-refractivity contribution in [2.75, 3.05) is 6.61 Å². The van der Waals surface area contributed by atoms with Gasteiger partial charge >= 0.3 is 5.97 Å². The van der Waals surface area contributed by atoms with Gasteiger partial charge in [-0.2, -0.15) is 0 Å². The number of esters is 1. The van der Waals surface area contributed by atoms with E-state index in [0.29, 0.717) is 6.61 Å². The standard InChI is InChI=1S/C17H26O2/c1-4-17(5-2,6-3)16(18)19-14-10-13-15-11-8-7-9-12-15/h7-9,11-12H,4-6,10,13-14H2,1-3H3. The van der Waals surface area contributed by atoms with Crippen molar-refractivity contribution in [2.45, 2.75) is 52.9 Å². The molecule has 0 amide bonds. The van der Waals surface area contributed by atoms with Crippen molar-refractivity contribution < 1.29 is 9.53 Å². The molecule has 0 atom stereocenters. The summed E-state index contributed by atoms with van der Waals surface area (Å²) >= 11 is 0. The third-order valence-electron chi connectivity index (χ3n) is 4.15. The van der Waals surface area contributed by atoms with Crippen molar-refractivity contribution in [3.8, 4) is 0 Å². The van der Waals surface area contributed by atoms with E-state index in [9.17, 15) is 4.79 Å². The van der Waals surface area contributed by atoms with E-state index >= 15 is 0 Å². The molecule has 0 saturated heterocycles. The highest BCUT2D eigenvalue weighted by atomic mass is 16.5. The Morgan fingerprint density at radius 2 is 1.63 bits per heavy atom. The Morgan fingerprint density at radius 3 is 2.16 bits per heavy atom. The van der Waals surface area contributed by atoms with Crippen molar-refractivity contribution in [2.24, 2.45) is 5.41 Å². The first-order valence-electron chi connectivity index (χ1n) is 7.39. The molecule has 0 radical (unpaired) electrons. The minimum Gasteiger partial charge on any atom is -0.465 e. The van der Waals surface area contributed by atoms with Crippen molar-refractivity contribution in [1.82, 2.24) is 0 Å². The molecule has 1 rings (SSSR count). The molecule has 0 aliphatic heterocycles. The molecule has 2 nitrogen and oxygen atoms in total. The number of hydrogen-bond acceptors (Lipinski definition) is 2. The number of aryl methyl sites for hydroxylation is 1. The molecule has 1 aromatic rings. The molecular formula is C17H26O2. The van der Waals surface area contributed by atoms with Gasteiger partial charge in [0, 0.05) is 0 Å². The number of ether oxygens (including phenoxy) is 1. The summed E-state index contributed by atoms with van der Waals surface area (Å²) in [4.78, 5) is 12.1. The van der Waals surface area contributed by atoms with E-state index in [4.69, 9.17) is 4.74 Å². The van der Waals surface area contributed by atoms with Crippen LogP contribution in [-0.4, -0.2) is 12.6 Å². The monoisotopic (exact) mass is 262 g/mol. The van der Waals surface area contributed by atoms with Crippen LogP contribution in [0.25, 0.3) is 0 Å². The summed E-state index contributed by atoms with van der Waals surface area (Å²) in [5.41, 5.74) is 1.03. The van der Waals surface area contributed by atoms with E-state index in [1.165, 1.54) is 5.56 Å². The molecule has 0 heterocycles. The van der Waals surface area contributed by atoms with Gasteiger partial charge in [-0.15, -0.1) is 0 Å². The highest BCUT2D eigenvalue weighted by Crippen LogP contribution is 2.31. The zero-order chi connectivity index (χ0) is 14.1. The molecule has 0 bridgehead atoms. The lowest BCUT2D eigenvalue weighted by Gasteiger charge is -2.27. The lowest BCUT2D eigenvalue weighted by molar-refractivity contribution is -0.157. The minimum absolute atomic E-state index is 0.0203. The van der Waals surface area contributed by atoms with Crippen LogP contribution >= 0.6 is 0 Å². The van der Waals surface area contributed by atoms with Gasteiger partial charge in [0.05, 0.1) is 12.0 Å². The molecule has 0 unspecified atom stereocenters. The Balaban J connectivity index is 2.34. The lowest BCUT2D eigenvalue weighted by Crippen LogP contribution is -2.31. The molecule has 0 N–H and O–H groups in total.